The molecule has 1 fully saturated rings. The van der Waals surface area contributed by atoms with Gasteiger partial charge in [-0.3, -0.25) is 0 Å². The fourth-order valence-electron chi connectivity index (χ4n) is 4.92. The van der Waals surface area contributed by atoms with Gasteiger partial charge in [0.25, 0.3) is 0 Å². The highest BCUT2D eigenvalue weighted by Crippen LogP contribution is 2.45. The molecule has 2 aromatic carbocycles. The molecular weight excluding hydrogens is 312 g/mol. The first-order chi connectivity index (χ1) is 12.3. The van der Waals surface area contributed by atoms with Gasteiger partial charge in [0.2, 0.25) is 0 Å². The molecule has 0 unspecified atom stereocenters. The highest BCUT2D eigenvalue weighted by Gasteiger charge is 2.31. The van der Waals surface area contributed by atoms with Gasteiger partial charge in [0.05, 0.1) is 0 Å². The molecule has 0 bridgehead atoms. The molecule has 0 amide bonds. The lowest BCUT2D eigenvalue weighted by molar-refractivity contribution is 0.333. The summed E-state index contributed by atoms with van der Waals surface area (Å²) in [6.45, 7) is 9.34. The van der Waals surface area contributed by atoms with E-state index in [1.165, 1.54) is 59.9 Å². The monoisotopic (exact) mass is 344 g/mol. The van der Waals surface area contributed by atoms with Gasteiger partial charge >= 0.3 is 0 Å². The number of fused-ring (bicyclic) bond motifs is 1. The summed E-state index contributed by atoms with van der Waals surface area (Å²) in [4.78, 5) is 0. The van der Waals surface area contributed by atoms with E-state index in [1.54, 1.807) is 5.57 Å². The Labute approximate surface area is 159 Å². The van der Waals surface area contributed by atoms with Gasteiger partial charge in [-0.1, -0.05) is 94.7 Å². The van der Waals surface area contributed by atoms with Crippen molar-refractivity contribution < 1.29 is 0 Å². The van der Waals surface area contributed by atoms with Crippen LogP contribution >= 0.6 is 0 Å². The predicted octanol–water partition coefficient (Wildman–Crippen LogP) is 7.56. The molecule has 4 rings (SSSR count). The summed E-state index contributed by atoms with van der Waals surface area (Å²) in [6, 6.07) is 16.1. The molecule has 0 radical (unpaired) electrons. The van der Waals surface area contributed by atoms with Gasteiger partial charge in [-0.2, -0.15) is 0 Å². The second-order valence-electron chi connectivity index (χ2n) is 9.87. The van der Waals surface area contributed by atoms with E-state index in [1.807, 2.05) is 0 Å². The normalized spacial score (nSPS) is 18.7. The van der Waals surface area contributed by atoms with Gasteiger partial charge in [0, 0.05) is 0 Å². The molecule has 1 saturated carbocycles. The minimum absolute atomic E-state index is 0.211. The first-order valence-electron chi connectivity index (χ1n) is 10.3. The van der Waals surface area contributed by atoms with Crippen molar-refractivity contribution in [2.24, 2.45) is 5.41 Å². The van der Waals surface area contributed by atoms with Crippen molar-refractivity contribution in [1.82, 2.24) is 0 Å². The van der Waals surface area contributed by atoms with E-state index in [-0.39, 0.29) is 5.41 Å². The third-order valence-corrected chi connectivity index (χ3v) is 6.50. The zero-order valence-electron chi connectivity index (χ0n) is 16.9. The Kier molecular flexibility index (Phi) is 4.34. The molecule has 136 valence electrons. The van der Waals surface area contributed by atoms with E-state index < -0.39 is 0 Å². The van der Waals surface area contributed by atoms with Crippen LogP contribution in [-0.2, 0) is 11.8 Å². The van der Waals surface area contributed by atoms with Crippen molar-refractivity contribution in [2.75, 3.05) is 0 Å². The van der Waals surface area contributed by atoms with Gasteiger partial charge in [0.1, 0.15) is 0 Å². The summed E-state index contributed by atoms with van der Waals surface area (Å²) in [5.41, 5.74) is 9.56. The standard InChI is InChI=1S/C26H32/c1-25(2,3)22-12-10-20(11-13-22)23-9-7-8-21-16-19(17-24(21)23)18-26(4)14-5-6-15-26/h7-13,16H,5-6,14-15,17-18H2,1-4H3. The average molecular weight is 345 g/mol. The first-order valence-corrected chi connectivity index (χ1v) is 10.3. The van der Waals surface area contributed by atoms with Crippen LogP contribution in [0.3, 0.4) is 0 Å². The largest absolute Gasteiger partial charge is 0.0646 e. The first kappa shape index (κ1) is 17.6. The molecule has 0 N–H and O–H groups in total. The SMILES string of the molecule is CC1(CC2=Cc3cccc(-c4ccc(C(C)(C)C)cc4)c3C2)CCCC1. The average Bonchev–Trinajstić information content (AvgIpc) is 3.19. The fraction of sp³-hybridized carbons (Fsp3) is 0.462. The zero-order chi connectivity index (χ0) is 18.4. The molecule has 26 heavy (non-hydrogen) atoms. The van der Waals surface area contributed by atoms with Crippen molar-refractivity contribution in [3.63, 3.8) is 0 Å². The van der Waals surface area contributed by atoms with E-state index in [4.69, 9.17) is 0 Å². The van der Waals surface area contributed by atoms with Gasteiger partial charge in [-0.15, -0.1) is 0 Å². The number of benzene rings is 2. The lowest BCUT2D eigenvalue weighted by Crippen LogP contribution is -2.11. The molecule has 2 aliphatic carbocycles. The van der Waals surface area contributed by atoms with E-state index in [9.17, 15) is 0 Å². The Balaban J connectivity index is 1.59. The highest BCUT2D eigenvalue weighted by atomic mass is 14.4. The lowest BCUT2D eigenvalue weighted by Gasteiger charge is -2.24. The zero-order valence-corrected chi connectivity index (χ0v) is 16.9. The van der Waals surface area contributed by atoms with Crippen LogP contribution in [0.2, 0.25) is 0 Å². The summed E-state index contributed by atoms with van der Waals surface area (Å²) >= 11 is 0. The third-order valence-electron chi connectivity index (χ3n) is 6.50. The molecule has 0 atom stereocenters. The van der Waals surface area contributed by atoms with E-state index >= 15 is 0 Å². The molecule has 0 aromatic heterocycles. The van der Waals surface area contributed by atoms with E-state index in [2.05, 4.69) is 76.2 Å². The number of rotatable bonds is 3. The van der Waals surface area contributed by atoms with Crippen molar-refractivity contribution in [3.8, 4) is 11.1 Å². The van der Waals surface area contributed by atoms with Gasteiger partial charge in [-0.05, 0) is 64.3 Å². The van der Waals surface area contributed by atoms with E-state index in [0.29, 0.717) is 5.41 Å². The molecular formula is C26H32. The Bertz CT molecular complexity index is 821. The van der Waals surface area contributed by atoms with Crippen LogP contribution in [0, 0.1) is 5.41 Å². The number of allylic oxidation sites excluding steroid dienone is 1. The summed E-state index contributed by atoms with van der Waals surface area (Å²) in [5.74, 6) is 0. The molecule has 2 aromatic rings. The van der Waals surface area contributed by atoms with Gasteiger partial charge < -0.3 is 0 Å². The van der Waals surface area contributed by atoms with Crippen LogP contribution in [0.4, 0.5) is 0 Å². The highest BCUT2D eigenvalue weighted by molar-refractivity contribution is 5.77. The third kappa shape index (κ3) is 3.39. The van der Waals surface area contributed by atoms with Crippen LogP contribution in [0.1, 0.15) is 76.5 Å². The van der Waals surface area contributed by atoms with Gasteiger partial charge in [0.15, 0.2) is 0 Å². The second-order valence-corrected chi connectivity index (χ2v) is 9.87. The molecule has 0 spiro atoms. The van der Waals surface area contributed by atoms with Crippen LogP contribution in [0.5, 0.6) is 0 Å². The Morgan fingerprint density at radius 2 is 1.62 bits per heavy atom. The molecule has 0 heterocycles. The van der Waals surface area contributed by atoms with Crippen LogP contribution in [-0.4, -0.2) is 0 Å². The maximum atomic E-state index is 2.50. The number of hydrogen-bond acceptors (Lipinski definition) is 0. The minimum atomic E-state index is 0.211. The summed E-state index contributed by atoms with van der Waals surface area (Å²) in [7, 11) is 0. The van der Waals surface area contributed by atoms with E-state index in [0.717, 1.165) is 6.42 Å². The minimum Gasteiger partial charge on any atom is -0.0646 e. The predicted molar refractivity (Wildman–Crippen MR) is 113 cm³/mol. The molecule has 2 aliphatic rings. The van der Waals surface area contributed by atoms with Crippen molar-refractivity contribution in [1.29, 1.82) is 0 Å². The molecule has 0 saturated heterocycles. The maximum Gasteiger partial charge on any atom is -0.00515 e. The summed E-state index contributed by atoms with van der Waals surface area (Å²) < 4.78 is 0. The summed E-state index contributed by atoms with van der Waals surface area (Å²) in [6.07, 6.45) is 10.5. The van der Waals surface area contributed by atoms with Crippen LogP contribution in [0.15, 0.2) is 48.0 Å². The Morgan fingerprint density at radius 1 is 0.923 bits per heavy atom. The number of hydrogen-bond donors (Lipinski definition) is 0. The lowest BCUT2D eigenvalue weighted by atomic mass is 9.81. The second kappa shape index (κ2) is 6.41. The quantitative estimate of drug-likeness (QED) is 0.539. The molecule has 0 heteroatoms. The van der Waals surface area contributed by atoms with Crippen molar-refractivity contribution in [2.45, 2.75) is 71.6 Å². The molecule has 0 aliphatic heterocycles. The maximum absolute atomic E-state index is 2.50. The smallest absolute Gasteiger partial charge is 0.00515 e. The Hall–Kier alpha value is -1.82. The summed E-state index contributed by atoms with van der Waals surface area (Å²) in [5, 5.41) is 0. The Morgan fingerprint density at radius 3 is 2.27 bits per heavy atom. The van der Waals surface area contributed by atoms with Gasteiger partial charge in [-0.25, -0.2) is 0 Å². The van der Waals surface area contributed by atoms with Crippen molar-refractivity contribution >= 4 is 6.08 Å². The topological polar surface area (TPSA) is 0 Å². The molecule has 0 nitrogen and oxygen atoms in total. The fourth-order valence-corrected chi connectivity index (χ4v) is 4.92. The van der Waals surface area contributed by atoms with Crippen molar-refractivity contribution in [3.05, 3.63) is 64.7 Å². The van der Waals surface area contributed by atoms with Crippen LogP contribution < -0.4 is 0 Å². The van der Waals surface area contributed by atoms with Crippen LogP contribution in [0.25, 0.3) is 17.2 Å².